The van der Waals surface area contributed by atoms with Crippen LogP contribution in [-0.4, -0.2) is 41.8 Å². The lowest BCUT2D eigenvalue weighted by Crippen LogP contribution is -2.29. The summed E-state index contributed by atoms with van der Waals surface area (Å²) in [6.45, 7) is 5.76. The first-order chi connectivity index (χ1) is 8.19. The Hall–Kier alpha value is -0.750. The quantitative estimate of drug-likeness (QED) is 0.767. The number of thioether (sulfide) groups is 1. The van der Waals surface area contributed by atoms with E-state index in [9.17, 15) is 0 Å². The van der Waals surface area contributed by atoms with Gasteiger partial charge in [-0.15, -0.1) is 5.10 Å². The fourth-order valence-corrected chi connectivity index (χ4v) is 1.94. The minimum atomic E-state index is 0.412. The molecule has 0 spiro atoms. The van der Waals surface area contributed by atoms with Crippen molar-refractivity contribution in [2.45, 2.75) is 32.9 Å². The van der Waals surface area contributed by atoms with Crippen LogP contribution in [0.15, 0.2) is 4.42 Å². The van der Waals surface area contributed by atoms with Crippen molar-refractivity contribution in [2.24, 2.45) is 0 Å². The first-order valence-electron chi connectivity index (χ1n) is 5.93. The molecule has 6 heteroatoms. The Balaban J connectivity index is 2.50. The first kappa shape index (κ1) is 14.3. The number of nitrogens with zero attached hydrogens (tertiary/aromatic N) is 3. The summed E-state index contributed by atoms with van der Waals surface area (Å²) in [6, 6.07) is 1.02. The molecule has 98 valence electrons. The Morgan fingerprint density at radius 1 is 1.47 bits per heavy atom. The molecule has 0 saturated heterocycles. The molecule has 0 aliphatic rings. The van der Waals surface area contributed by atoms with E-state index in [0.717, 1.165) is 18.7 Å². The van der Waals surface area contributed by atoms with Crippen LogP contribution in [0.2, 0.25) is 0 Å². The number of hydrogen-bond donors (Lipinski definition) is 1. The van der Waals surface area contributed by atoms with Crippen molar-refractivity contribution >= 4 is 17.8 Å². The van der Waals surface area contributed by atoms with Crippen LogP contribution >= 0.6 is 11.8 Å². The molecular formula is C11H22N4OS. The van der Waals surface area contributed by atoms with Crippen LogP contribution in [0.5, 0.6) is 0 Å². The zero-order valence-electron chi connectivity index (χ0n) is 11.1. The van der Waals surface area contributed by atoms with Crippen LogP contribution in [0.25, 0.3) is 0 Å². The van der Waals surface area contributed by atoms with Crippen LogP contribution in [0.4, 0.5) is 6.01 Å². The molecule has 0 aliphatic carbocycles. The summed E-state index contributed by atoms with van der Waals surface area (Å²) in [5.41, 5.74) is 0. The third-order valence-electron chi connectivity index (χ3n) is 2.69. The predicted octanol–water partition coefficient (Wildman–Crippen LogP) is 1.76. The van der Waals surface area contributed by atoms with Crippen molar-refractivity contribution in [3.8, 4) is 0 Å². The van der Waals surface area contributed by atoms with Gasteiger partial charge in [0.15, 0.2) is 0 Å². The largest absolute Gasteiger partial charge is 0.407 e. The van der Waals surface area contributed by atoms with Gasteiger partial charge in [0.05, 0.1) is 6.54 Å². The van der Waals surface area contributed by atoms with Gasteiger partial charge in [-0.05, 0) is 31.9 Å². The molecule has 17 heavy (non-hydrogen) atoms. The Morgan fingerprint density at radius 2 is 2.24 bits per heavy atom. The van der Waals surface area contributed by atoms with Gasteiger partial charge in [-0.2, -0.15) is 11.8 Å². The first-order valence-corrected chi connectivity index (χ1v) is 7.33. The molecule has 1 heterocycles. The van der Waals surface area contributed by atoms with E-state index in [1.807, 2.05) is 30.6 Å². The summed E-state index contributed by atoms with van der Waals surface area (Å²) in [4.78, 5) is 2.04. The average Bonchev–Trinajstić information content (AvgIpc) is 2.81. The molecule has 1 atom stereocenters. The van der Waals surface area contributed by atoms with E-state index in [2.05, 4.69) is 28.7 Å². The standard InChI is InChI=1S/C11H22N4OS/c1-5-12-8-10-13-14-11(16-10)15(3)9(2)6-7-17-4/h9,12H,5-8H2,1-4H3. The lowest BCUT2D eigenvalue weighted by atomic mass is 10.2. The van der Waals surface area contributed by atoms with Crippen LogP contribution < -0.4 is 10.2 Å². The van der Waals surface area contributed by atoms with Crippen molar-refractivity contribution < 1.29 is 4.42 Å². The Kier molecular flexibility index (Phi) is 6.36. The monoisotopic (exact) mass is 258 g/mol. The molecular weight excluding hydrogens is 236 g/mol. The number of anilines is 1. The van der Waals surface area contributed by atoms with Crippen molar-refractivity contribution in [3.05, 3.63) is 5.89 Å². The highest BCUT2D eigenvalue weighted by Crippen LogP contribution is 2.15. The zero-order valence-corrected chi connectivity index (χ0v) is 11.9. The maximum atomic E-state index is 5.58. The normalized spacial score (nSPS) is 12.7. The molecule has 1 N–H and O–H groups in total. The van der Waals surface area contributed by atoms with E-state index in [4.69, 9.17) is 4.42 Å². The second-order valence-corrected chi connectivity index (χ2v) is 4.99. The summed E-state index contributed by atoms with van der Waals surface area (Å²) in [5.74, 6) is 1.79. The third kappa shape index (κ3) is 4.55. The highest BCUT2D eigenvalue weighted by molar-refractivity contribution is 7.98. The minimum absolute atomic E-state index is 0.412. The summed E-state index contributed by atoms with van der Waals surface area (Å²) in [6.07, 6.45) is 3.23. The van der Waals surface area contributed by atoms with Gasteiger partial charge < -0.3 is 14.6 Å². The molecule has 1 aromatic rings. The fraction of sp³-hybridized carbons (Fsp3) is 0.818. The van der Waals surface area contributed by atoms with E-state index in [-0.39, 0.29) is 0 Å². The minimum Gasteiger partial charge on any atom is -0.407 e. The van der Waals surface area contributed by atoms with Crippen LogP contribution in [0, 0.1) is 0 Å². The molecule has 0 aromatic carbocycles. The van der Waals surface area contributed by atoms with Crippen LogP contribution in [0.1, 0.15) is 26.2 Å². The summed E-state index contributed by atoms with van der Waals surface area (Å²) < 4.78 is 5.58. The van der Waals surface area contributed by atoms with Gasteiger partial charge in [0.2, 0.25) is 5.89 Å². The predicted molar refractivity (Wildman–Crippen MR) is 72.5 cm³/mol. The van der Waals surface area contributed by atoms with Gasteiger partial charge in [-0.25, -0.2) is 0 Å². The zero-order chi connectivity index (χ0) is 12.7. The smallest absolute Gasteiger partial charge is 0.318 e. The van der Waals surface area contributed by atoms with Gasteiger partial charge in [0, 0.05) is 13.1 Å². The number of hydrogen-bond acceptors (Lipinski definition) is 6. The third-order valence-corrected chi connectivity index (χ3v) is 3.33. The molecule has 0 radical (unpaired) electrons. The Morgan fingerprint density at radius 3 is 2.88 bits per heavy atom. The van der Waals surface area contributed by atoms with E-state index in [1.54, 1.807) is 0 Å². The van der Waals surface area contributed by atoms with Crippen molar-refractivity contribution in [1.82, 2.24) is 15.5 Å². The SMILES string of the molecule is CCNCc1nnc(N(C)C(C)CCSC)o1. The van der Waals surface area contributed by atoms with E-state index in [0.29, 0.717) is 24.5 Å². The van der Waals surface area contributed by atoms with E-state index >= 15 is 0 Å². The van der Waals surface area contributed by atoms with Crippen LogP contribution in [-0.2, 0) is 6.54 Å². The second kappa shape index (κ2) is 7.55. The highest BCUT2D eigenvalue weighted by atomic mass is 32.2. The van der Waals surface area contributed by atoms with E-state index in [1.165, 1.54) is 0 Å². The molecule has 0 bridgehead atoms. The number of rotatable bonds is 8. The molecule has 0 aliphatic heterocycles. The molecule has 5 nitrogen and oxygen atoms in total. The van der Waals surface area contributed by atoms with Crippen molar-refractivity contribution in [2.75, 3.05) is 30.5 Å². The average molecular weight is 258 g/mol. The molecule has 0 amide bonds. The molecule has 1 unspecified atom stereocenters. The highest BCUT2D eigenvalue weighted by Gasteiger charge is 2.15. The molecule has 1 rings (SSSR count). The van der Waals surface area contributed by atoms with Gasteiger partial charge >= 0.3 is 6.01 Å². The summed E-state index contributed by atoms with van der Waals surface area (Å²) in [5, 5.41) is 11.2. The van der Waals surface area contributed by atoms with Gasteiger partial charge in [0.25, 0.3) is 0 Å². The number of aromatic nitrogens is 2. The number of nitrogens with one attached hydrogen (secondary N) is 1. The lowest BCUT2D eigenvalue weighted by molar-refractivity contribution is 0.458. The maximum absolute atomic E-state index is 5.58. The molecule has 1 aromatic heterocycles. The van der Waals surface area contributed by atoms with Gasteiger partial charge in [0.1, 0.15) is 0 Å². The molecule has 0 saturated carbocycles. The molecule has 0 fully saturated rings. The fourth-order valence-electron chi connectivity index (χ4n) is 1.36. The Bertz CT molecular complexity index is 318. The van der Waals surface area contributed by atoms with Gasteiger partial charge in [-0.3, -0.25) is 0 Å². The summed E-state index contributed by atoms with van der Waals surface area (Å²) >= 11 is 1.86. The Labute approximate surface area is 107 Å². The maximum Gasteiger partial charge on any atom is 0.318 e. The van der Waals surface area contributed by atoms with E-state index < -0.39 is 0 Å². The van der Waals surface area contributed by atoms with Crippen LogP contribution in [0.3, 0.4) is 0 Å². The van der Waals surface area contributed by atoms with Crippen molar-refractivity contribution in [3.63, 3.8) is 0 Å². The summed E-state index contributed by atoms with van der Waals surface area (Å²) in [7, 11) is 2.00. The van der Waals surface area contributed by atoms with Gasteiger partial charge in [-0.1, -0.05) is 12.0 Å². The topological polar surface area (TPSA) is 54.2 Å². The second-order valence-electron chi connectivity index (χ2n) is 4.00. The van der Waals surface area contributed by atoms with Crippen molar-refractivity contribution in [1.29, 1.82) is 0 Å². The lowest BCUT2D eigenvalue weighted by Gasteiger charge is -2.22.